The zero-order chi connectivity index (χ0) is 12.4. The maximum absolute atomic E-state index is 5.76. The highest BCUT2D eigenvalue weighted by Crippen LogP contribution is 2.37. The van der Waals surface area contributed by atoms with Crippen LogP contribution in [-0.4, -0.2) is 40.0 Å². The van der Waals surface area contributed by atoms with Crippen molar-refractivity contribution in [3.05, 3.63) is 11.7 Å². The molecule has 0 spiro atoms. The van der Waals surface area contributed by atoms with Gasteiger partial charge in [-0.05, 0) is 12.8 Å². The van der Waals surface area contributed by atoms with E-state index in [9.17, 15) is 0 Å². The van der Waals surface area contributed by atoms with Gasteiger partial charge in [0, 0.05) is 23.8 Å². The molecule has 18 heavy (non-hydrogen) atoms. The zero-order valence-electron chi connectivity index (χ0n) is 10.1. The SMILES string of the molecule is NCC1CCC(c2nc(C3CSCCS3)no2)O1. The molecule has 0 aliphatic carbocycles. The zero-order valence-corrected chi connectivity index (χ0v) is 11.7. The minimum atomic E-state index is -0.0546. The second-order valence-corrected chi connectivity index (χ2v) is 6.95. The molecule has 3 heterocycles. The van der Waals surface area contributed by atoms with Crippen LogP contribution in [0.1, 0.15) is 35.9 Å². The summed E-state index contributed by atoms with van der Waals surface area (Å²) in [5.41, 5.74) is 5.60. The second-order valence-electron chi connectivity index (χ2n) is 4.48. The minimum absolute atomic E-state index is 0.0546. The van der Waals surface area contributed by atoms with Crippen LogP contribution in [0.25, 0.3) is 0 Å². The fourth-order valence-electron chi connectivity index (χ4n) is 2.21. The van der Waals surface area contributed by atoms with Gasteiger partial charge in [0.15, 0.2) is 5.82 Å². The van der Waals surface area contributed by atoms with E-state index < -0.39 is 0 Å². The highest BCUT2D eigenvalue weighted by Gasteiger charge is 2.31. The average Bonchev–Trinajstić information content (AvgIpc) is 3.08. The Morgan fingerprint density at radius 2 is 2.28 bits per heavy atom. The van der Waals surface area contributed by atoms with Crippen molar-refractivity contribution in [3.8, 4) is 0 Å². The highest BCUT2D eigenvalue weighted by molar-refractivity contribution is 8.06. The average molecular weight is 287 g/mol. The first kappa shape index (κ1) is 12.8. The monoisotopic (exact) mass is 287 g/mol. The summed E-state index contributed by atoms with van der Waals surface area (Å²) in [6.07, 6.45) is 1.99. The lowest BCUT2D eigenvalue weighted by molar-refractivity contribution is 0.0307. The van der Waals surface area contributed by atoms with Gasteiger partial charge < -0.3 is 15.0 Å². The normalized spacial score (nSPS) is 32.8. The van der Waals surface area contributed by atoms with E-state index in [4.69, 9.17) is 15.0 Å². The highest BCUT2D eigenvalue weighted by atomic mass is 32.2. The fraction of sp³-hybridized carbons (Fsp3) is 0.818. The van der Waals surface area contributed by atoms with E-state index in [0.717, 1.165) is 30.2 Å². The standard InChI is InChI=1S/C11H17N3O2S2/c12-5-7-1-2-8(15-7)11-13-10(14-16-11)9-6-17-3-4-18-9/h7-9H,1-6,12H2. The van der Waals surface area contributed by atoms with Crippen molar-refractivity contribution >= 4 is 23.5 Å². The predicted molar refractivity (Wildman–Crippen MR) is 72.7 cm³/mol. The molecule has 1 aromatic rings. The van der Waals surface area contributed by atoms with Gasteiger partial charge in [-0.2, -0.15) is 16.7 Å². The first-order chi connectivity index (χ1) is 8.86. The predicted octanol–water partition coefficient (Wildman–Crippen LogP) is 1.77. The first-order valence-electron chi connectivity index (χ1n) is 6.25. The number of nitrogens with zero attached hydrogens (tertiary/aromatic N) is 2. The molecule has 3 unspecified atom stereocenters. The Balaban J connectivity index is 1.66. The van der Waals surface area contributed by atoms with Crippen molar-refractivity contribution in [1.29, 1.82) is 0 Å². The maximum Gasteiger partial charge on any atom is 0.255 e. The van der Waals surface area contributed by atoms with Crippen LogP contribution >= 0.6 is 23.5 Å². The van der Waals surface area contributed by atoms with Gasteiger partial charge in [0.05, 0.1) is 11.4 Å². The molecule has 100 valence electrons. The number of thioether (sulfide) groups is 2. The molecule has 0 radical (unpaired) electrons. The molecule has 2 saturated heterocycles. The summed E-state index contributed by atoms with van der Waals surface area (Å²) >= 11 is 3.86. The van der Waals surface area contributed by atoms with Gasteiger partial charge >= 0.3 is 0 Å². The first-order valence-corrected chi connectivity index (χ1v) is 8.45. The van der Waals surface area contributed by atoms with E-state index in [1.54, 1.807) is 0 Å². The van der Waals surface area contributed by atoms with Gasteiger partial charge in [0.25, 0.3) is 5.89 Å². The van der Waals surface area contributed by atoms with Crippen LogP contribution in [0.15, 0.2) is 4.52 Å². The van der Waals surface area contributed by atoms with Gasteiger partial charge in [-0.1, -0.05) is 5.16 Å². The van der Waals surface area contributed by atoms with Crippen molar-refractivity contribution in [2.24, 2.45) is 5.73 Å². The lowest BCUT2D eigenvalue weighted by atomic mass is 10.2. The topological polar surface area (TPSA) is 74.2 Å². The summed E-state index contributed by atoms with van der Waals surface area (Å²) in [7, 11) is 0. The molecule has 2 fully saturated rings. The van der Waals surface area contributed by atoms with E-state index in [0.29, 0.717) is 17.7 Å². The smallest absolute Gasteiger partial charge is 0.255 e. The molecular weight excluding hydrogens is 270 g/mol. The summed E-state index contributed by atoms with van der Waals surface area (Å²) in [6.45, 7) is 0.562. The molecule has 7 heteroatoms. The van der Waals surface area contributed by atoms with Crippen LogP contribution in [0.4, 0.5) is 0 Å². The second kappa shape index (κ2) is 5.81. The van der Waals surface area contributed by atoms with Crippen molar-refractivity contribution in [3.63, 3.8) is 0 Å². The van der Waals surface area contributed by atoms with Gasteiger partial charge in [-0.15, -0.1) is 11.8 Å². The molecule has 3 rings (SSSR count). The summed E-state index contributed by atoms with van der Waals surface area (Å²) in [4.78, 5) is 4.51. The maximum atomic E-state index is 5.76. The van der Waals surface area contributed by atoms with Crippen LogP contribution in [0.2, 0.25) is 0 Å². The molecule has 0 saturated carbocycles. The number of rotatable bonds is 3. The van der Waals surface area contributed by atoms with Gasteiger partial charge in [-0.25, -0.2) is 0 Å². The molecule has 0 amide bonds. The third-order valence-electron chi connectivity index (χ3n) is 3.21. The molecule has 0 aromatic carbocycles. The van der Waals surface area contributed by atoms with Crippen LogP contribution in [0, 0.1) is 0 Å². The minimum Gasteiger partial charge on any atom is -0.364 e. The number of aromatic nitrogens is 2. The lowest BCUT2D eigenvalue weighted by Gasteiger charge is -2.17. The van der Waals surface area contributed by atoms with E-state index in [1.807, 2.05) is 23.5 Å². The van der Waals surface area contributed by atoms with Crippen LogP contribution in [0.3, 0.4) is 0 Å². The van der Waals surface area contributed by atoms with Crippen LogP contribution in [0.5, 0.6) is 0 Å². The van der Waals surface area contributed by atoms with E-state index >= 15 is 0 Å². The summed E-state index contributed by atoms with van der Waals surface area (Å²) in [6, 6.07) is 0. The number of hydrogen-bond donors (Lipinski definition) is 1. The number of ether oxygens (including phenoxy) is 1. The summed E-state index contributed by atoms with van der Waals surface area (Å²) < 4.78 is 11.1. The Labute approximate surface area is 115 Å². The van der Waals surface area contributed by atoms with Crippen LogP contribution in [-0.2, 0) is 4.74 Å². The third kappa shape index (κ3) is 2.68. The molecule has 3 atom stereocenters. The molecule has 1 aromatic heterocycles. The van der Waals surface area contributed by atoms with Crippen LogP contribution < -0.4 is 5.73 Å². The van der Waals surface area contributed by atoms with Crippen molar-refractivity contribution in [2.45, 2.75) is 30.3 Å². The van der Waals surface area contributed by atoms with E-state index in [-0.39, 0.29) is 12.2 Å². The largest absolute Gasteiger partial charge is 0.364 e. The van der Waals surface area contributed by atoms with Crippen molar-refractivity contribution in [2.75, 3.05) is 23.8 Å². The molecule has 2 N–H and O–H groups in total. The van der Waals surface area contributed by atoms with E-state index in [1.165, 1.54) is 5.75 Å². The molecule has 2 aliphatic heterocycles. The van der Waals surface area contributed by atoms with Gasteiger partial charge in [0.2, 0.25) is 0 Å². The fourth-order valence-corrected chi connectivity index (χ4v) is 4.80. The third-order valence-corrected chi connectivity index (χ3v) is 5.96. The van der Waals surface area contributed by atoms with Gasteiger partial charge in [-0.3, -0.25) is 0 Å². The molecule has 5 nitrogen and oxygen atoms in total. The number of hydrogen-bond acceptors (Lipinski definition) is 7. The molecule has 0 bridgehead atoms. The summed E-state index contributed by atoms with van der Waals surface area (Å²) in [5, 5.41) is 4.47. The lowest BCUT2D eigenvalue weighted by Crippen LogP contribution is -2.18. The Morgan fingerprint density at radius 3 is 3.00 bits per heavy atom. The van der Waals surface area contributed by atoms with Crippen molar-refractivity contribution in [1.82, 2.24) is 10.1 Å². The van der Waals surface area contributed by atoms with E-state index in [2.05, 4.69) is 10.1 Å². The Bertz CT molecular complexity index is 395. The quantitative estimate of drug-likeness (QED) is 0.908. The molecule has 2 aliphatic rings. The molecular formula is C11H17N3O2S2. The summed E-state index contributed by atoms with van der Waals surface area (Å²) in [5.74, 6) is 4.89. The number of nitrogens with two attached hydrogens (primary N) is 1. The van der Waals surface area contributed by atoms with Crippen molar-refractivity contribution < 1.29 is 9.26 Å². The Hall–Kier alpha value is -0.240. The van der Waals surface area contributed by atoms with Gasteiger partial charge in [0.1, 0.15) is 6.10 Å². The Morgan fingerprint density at radius 1 is 1.33 bits per heavy atom. The Kier molecular flexibility index (Phi) is 4.13.